The number of methoxy groups -OCH3 is 1. The number of amides is 4. The number of nitrogens with one attached hydrogen (secondary N) is 1. The Balaban J connectivity index is 1.82. The average molecular weight is 516 g/mol. The van der Waals surface area contributed by atoms with Gasteiger partial charge in [0.15, 0.2) is 0 Å². The lowest BCUT2D eigenvalue weighted by Gasteiger charge is -2.47. The number of anilines is 2. The Bertz CT molecular complexity index is 1270. The van der Waals surface area contributed by atoms with Crippen LogP contribution in [0.3, 0.4) is 0 Å². The molecule has 2 aromatic rings. The molecule has 2 aliphatic rings. The van der Waals surface area contributed by atoms with E-state index in [9.17, 15) is 14.4 Å². The Morgan fingerprint density at radius 2 is 1.86 bits per heavy atom. The summed E-state index contributed by atoms with van der Waals surface area (Å²) >= 11 is 12.2. The first kappa shape index (κ1) is 25.1. The summed E-state index contributed by atoms with van der Waals surface area (Å²) in [4.78, 5) is 41.8. The van der Waals surface area contributed by atoms with E-state index in [1.807, 2.05) is 12.1 Å². The number of hydrogen-bond acceptors (Lipinski definition) is 5. The van der Waals surface area contributed by atoms with E-state index in [1.54, 1.807) is 7.11 Å². The molecule has 2 aromatic carbocycles. The Morgan fingerprint density at radius 3 is 2.49 bits per heavy atom. The van der Waals surface area contributed by atoms with Crippen LogP contribution in [0.1, 0.15) is 51.2 Å². The lowest BCUT2D eigenvalue weighted by molar-refractivity contribution is -0.122. The van der Waals surface area contributed by atoms with Gasteiger partial charge in [0, 0.05) is 34.4 Å². The lowest BCUT2D eigenvalue weighted by atomic mass is 9.79. The Kier molecular flexibility index (Phi) is 6.60. The van der Waals surface area contributed by atoms with Crippen LogP contribution < -0.4 is 19.9 Å². The van der Waals surface area contributed by atoms with Crippen LogP contribution in [0.15, 0.2) is 35.9 Å². The van der Waals surface area contributed by atoms with E-state index in [2.05, 4.69) is 37.9 Å². The maximum atomic E-state index is 13.4. The van der Waals surface area contributed by atoms with Gasteiger partial charge in [-0.05, 0) is 69.0 Å². The van der Waals surface area contributed by atoms with E-state index in [-0.39, 0.29) is 27.7 Å². The number of carbonyl (C=O) groups is 3. The SMILES string of the molecule is CCN1c2cc(OC)c(/C=C3/C(=O)NC(=O)N(c4ccc(Cl)cc4Cl)C3=O)cc2C(C)CC1(C)C. The summed E-state index contributed by atoms with van der Waals surface area (Å²) < 4.78 is 5.65. The fourth-order valence-corrected chi connectivity index (χ4v) is 5.60. The lowest BCUT2D eigenvalue weighted by Crippen LogP contribution is -2.54. The number of barbiturate groups is 1. The summed E-state index contributed by atoms with van der Waals surface area (Å²) in [5.41, 5.74) is 2.65. The molecule has 1 N–H and O–H groups in total. The largest absolute Gasteiger partial charge is 0.496 e. The zero-order valence-electron chi connectivity index (χ0n) is 20.2. The Hall–Kier alpha value is -3.03. The number of hydrogen-bond donors (Lipinski definition) is 1. The quantitative estimate of drug-likeness (QED) is 0.412. The van der Waals surface area contributed by atoms with Crippen LogP contribution in [-0.4, -0.2) is 37.0 Å². The van der Waals surface area contributed by atoms with Crippen molar-refractivity contribution in [1.29, 1.82) is 0 Å². The molecule has 0 saturated carbocycles. The van der Waals surface area contributed by atoms with Crippen molar-refractivity contribution in [3.63, 3.8) is 0 Å². The number of nitrogens with zero attached hydrogens (tertiary/aromatic N) is 2. The first-order valence-electron chi connectivity index (χ1n) is 11.3. The summed E-state index contributed by atoms with van der Waals surface area (Å²) in [5.74, 6) is -0.793. The van der Waals surface area contributed by atoms with Gasteiger partial charge in [-0.1, -0.05) is 30.1 Å². The number of carbonyl (C=O) groups excluding carboxylic acids is 3. The van der Waals surface area contributed by atoms with Gasteiger partial charge < -0.3 is 9.64 Å². The number of fused-ring (bicyclic) bond motifs is 1. The second-order valence-corrected chi connectivity index (χ2v) is 10.2. The van der Waals surface area contributed by atoms with E-state index in [1.165, 1.54) is 24.3 Å². The van der Waals surface area contributed by atoms with Crippen molar-refractivity contribution in [2.45, 2.75) is 45.6 Å². The highest BCUT2D eigenvalue weighted by atomic mass is 35.5. The fourth-order valence-electron chi connectivity index (χ4n) is 5.11. The molecule has 4 amide bonds. The minimum atomic E-state index is -0.881. The third kappa shape index (κ3) is 4.39. The predicted molar refractivity (Wildman–Crippen MR) is 139 cm³/mol. The van der Waals surface area contributed by atoms with Gasteiger partial charge in [0.25, 0.3) is 11.8 Å². The summed E-state index contributed by atoms with van der Waals surface area (Å²) in [6.07, 6.45) is 2.41. The molecule has 0 aromatic heterocycles. The molecule has 4 rings (SSSR count). The van der Waals surface area contributed by atoms with Crippen LogP contribution in [-0.2, 0) is 9.59 Å². The minimum absolute atomic E-state index is 0.0237. The molecule has 7 nitrogen and oxygen atoms in total. The molecule has 2 heterocycles. The van der Waals surface area contributed by atoms with E-state index in [0.717, 1.165) is 29.1 Å². The van der Waals surface area contributed by atoms with Crippen LogP contribution in [0.4, 0.5) is 16.2 Å². The van der Waals surface area contributed by atoms with Crippen LogP contribution in [0.2, 0.25) is 10.0 Å². The summed E-state index contributed by atoms with van der Waals surface area (Å²) in [6.45, 7) is 9.55. The normalized spacial score (nSPS) is 20.7. The van der Waals surface area contributed by atoms with Gasteiger partial charge in [-0.3, -0.25) is 14.9 Å². The van der Waals surface area contributed by atoms with Crippen molar-refractivity contribution in [3.8, 4) is 5.75 Å². The topological polar surface area (TPSA) is 79.0 Å². The van der Waals surface area contributed by atoms with Crippen LogP contribution in [0.5, 0.6) is 5.75 Å². The number of benzene rings is 2. The van der Waals surface area contributed by atoms with Crippen LogP contribution in [0.25, 0.3) is 6.08 Å². The average Bonchev–Trinajstić information content (AvgIpc) is 2.77. The molecule has 0 bridgehead atoms. The number of ether oxygens (including phenoxy) is 1. The maximum absolute atomic E-state index is 13.4. The summed E-state index contributed by atoms with van der Waals surface area (Å²) in [5, 5.41) is 2.69. The van der Waals surface area contributed by atoms with Crippen molar-refractivity contribution in [2.75, 3.05) is 23.5 Å². The van der Waals surface area contributed by atoms with Gasteiger partial charge in [-0.2, -0.15) is 0 Å². The van der Waals surface area contributed by atoms with Crippen molar-refractivity contribution in [1.82, 2.24) is 5.32 Å². The monoisotopic (exact) mass is 515 g/mol. The van der Waals surface area contributed by atoms with Crippen LogP contribution in [0, 0.1) is 0 Å². The van der Waals surface area contributed by atoms with Gasteiger partial charge >= 0.3 is 6.03 Å². The van der Waals surface area contributed by atoms with Crippen LogP contribution >= 0.6 is 23.2 Å². The standard InChI is InChI=1S/C26H27Cl2N3O4/c1-6-30-21-12-22(35-5)15(9-17(21)14(2)13-26(30,3)4)10-18-23(32)29-25(34)31(24(18)33)20-8-7-16(27)11-19(20)28/h7-12,14H,6,13H2,1-5H3,(H,29,32,34)/b18-10-. The molecule has 1 fully saturated rings. The summed E-state index contributed by atoms with van der Waals surface area (Å²) in [6, 6.07) is 7.42. The van der Waals surface area contributed by atoms with Gasteiger partial charge in [0.05, 0.1) is 17.8 Å². The molecular weight excluding hydrogens is 489 g/mol. The zero-order valence-corrected chi connectivity index (χ0v) is 21.8. The highest BCUT2D eigenvalue weighted by molar-refractivity contribution is 6.42. The highest BCUT2D eigenvalue weighted by Crippen LogP contribution is 2.46. The van der Waals surface area contributed by atoms with Crippen molar-refractivity contribution >= 4 is 58.5 Å². The second kappa shape index (κ2) is 9.21. The van der Waals surface area contributed by atoms with Gasteiger partial charge in [0.1, 0.15) is 11.3 Å². The smallest absolute Gasteiger partial charge is 0.335 e. The molecule has 0 radical (unpaired) electrons. The third-order valence-electron chi connectivity index (χ3n) is 6.61. The molecule has 1 unspecified atom stereocenters. The highest BCUT2D eigenvalue weighted by Gasteiger charge is 2.39. The Morgan fingerprint density at radius 1 is 1.14 bits per heavy atom. The van der Waals surface area contributed by atoms with Gasteiger partial charge in [-0.25, -0.2) is 9.69 Å². The van der Waals surface area contributed by atoms with E-state index in [0.29, 0.717) is 16.3 Å². The third-order valence-corrected chi connectivity index (χ3v) is 7.14. The first-order chi connectivity index (χ1) is 16.5. The Labute approximate surface area is 214 Å². The fraction of sp³-hybridized carbons (Fsp3) is 0.346. The molecule has 9 heteroatoms. The number of imide groups is 2. The minimum Gasteiger partial charge on any atom is -0.496 e. The maximum Gasteiger partial charge on any atom is 0.335 e. The molecule has 0 spiro atoms. The molecule has 35 heavy (non-hydrogen) atoms. The van der Waals surface area contributed by atoms with E-state index < -0.39 is 17.8 Å². The van der Waals surface area contributed by atoms with Gasteiger partial charge in [-0.15, -0.1) is 0 Å². The molecular formula is C26H27Cl2N3O4. The van der Waals surface area contributed by atoms with Crippen molar-refractivity contribution in [3.05, 3.63) is 57.1 Å². The van der Waals surface area contributed by atoms with E-state index in [4.69, 9.17) is 27.9 Å². The molecule has 0 aliphatic carbocycles. The number of halogens is 2. The van der Waals surface area contributed by atoms with Crippen molar-refractivity contribution < 1.29 is 19.1 Å². The number of rotatable bonds is 4. The van der Waals surface area contributed by atoms with E-state index >= 15 is 0 Å². The number of urea groups is 1. The summed E-state index contributed by atoms with van der Waals surface area (Å²) in [7, 11) is 1.55. The molecule has 184 valence electrons. The van der Waals surface area contributed by atoms with Crippen molar-refractivity contribution in [2.24, 2.45) is 0 Å². The first-order valence-corrected chi connectivity index (χ1v) is 12.1. The van der Waals surface area contributed by atoms with Gasteiger partial charge in [0.2, 0.25) is 0 Å². The second-order valence-electron chi connectivity index (χ2n) is 9.37. The molecule has 1 saturated heterocycles. The molecule has 2 aliphatic heterocycles. The molecule has 1 atom stereocenters. The zero-order chi connectivity index (χ0) is 25.7. The predicted octanol–water partition coefficient (Wildman–Crippen LogP) is 5.78.